The Bertz CT molecular complexity index is 1580. The van der Waals surface area contributed by atoms with E-state index in [4.69, 9.17) is 26.8 Å². The highest BCUT2D eigenvalue weighted by Gasteiger charge is 2.50. The number of rotatable bonds is 10. The summed E-state index contributed by atoms with van der Waals surface area (Å²) in [5.41, 5.74) is 12.1. The van der Waals surface area contributed by atoms with Gasteiger partial charge in [0.25, 0.3) is 8.32 Å². The Kier molecular flexibility index (Phi) is 10.6. The fourth-order valence-corrected chi connectivity index (χ4v) is 11.7. The van der Waals surface area contributed by atoms with Crippen molar-refractivity contribution in [1.82, 2.24) is 4.90 Å². The molecule has 234 valence electrons. The number of aryl methyl sites for hydroxylation is 1. The molecule has 0 fully saturated rings. The molecule has 0 spiro atoms. The van der Waals surface area contributed by atoms with Gasteiger partial charge >= 0.3 is 0 Å². The number of hydrogen-bond donors (Lipinski definition) is 2. The van der Waals surface area contributed by atoms with Crippen LogP contribution in [-0.2, 0) is 4.43 Å². The van der Waals surface area contributed by atoms with Crippen LogP contribution < -0.4 is 21.4 Å². The van der Waals surface area contributed by atoms with Crippen LogP contribution in [0.4, 0.5) is 5.69 Å². The van der Waals surface area contributed by atoms with Crippen molar-refractivity contribution < 1.29 is 4.43 Å². The first-order valence-corrected chi connectivity index (χ1v) is 18.9. The lowest BCUT2D eigenvalue weighted by Crippen LogP contribution is -2.67. The van der Waals surface area contributed by atoms with Crippen LogP contribution in [0.25, 0.3) is 5.70 Å². The number of anilines is 1. The van der Waals surface area contributed by atoms with Gasteiger partial charge in [-0.05, 0) is 40.2 Å². The van der Waals surface area contributed by atoms with Gasteiger partial charge in [0.05, 0.1) is 23.0 Å². The number of para-hydroxylation sites is 1. The van der Waals surface area contributed by atoms with Crippen LogP contribution in [0.1, 0.15) is 31.9 Å². The third-order valence-corrected chi connectivity index (χ3v) is 14.5. The van der Waals surface area contributed by atoms with Gasteiger partial charge in [0, 0.05) is 24.2 Å². The fraction of sp³-hybridized carbons (Fsp3) is 0.270. The SMILES string of the molecule is CSC1=NC(c2ccccc2)=C(CNc2c(C)cccc2Cl)C(N)N1CCO[Si](c1ccccc1)(c1ccccc1)C(C)(C)C. The van der Waals surface area contributed by atoms with Gasteiger partial charge in [-0.15, -0.1) is 0 Å². The lowest BCUT2D eigenvalue weighted by Gasteiger charge is -2.44. The number of benzene rings is 4. The zero-order chi connectivity index (χ0) is 32.0. The number of hydrogen-bond acceptors (Lipinski definition) is 6. The summed E-state index contributed by atoms with van der Waals surface area (Å²) in [5, 5.41) is 7.55. The van der Waals surface area contributed by atoms with Crippen LogP contribution >= 0.6 is 23.4 Å². The molecule has 5 rings (SSSR count). The first kappa shape index (κ1) is 33.0. The Morgan fingerprint density at radius 1 is 0.889 bits per heavy atom. The number of aliphatic imine (C=N–C) groups is 1. The molecule has 1 aliphatic rings. The Hall–Kier alpha value is -3.33. The van der Waals surface area contributed by atoms with E-state index in [1.165, 1.54) is 10.4 Å². The fourth-order valence-electron chi connectivity index (χ4n) is 6.21. The second-order valence-electron chi connectivity index (χ2n) is 12.3. The number of nitrogens with two attached hydrogens (primary N) is 1. The number of halogens is 1. The standard InChI is InChI=1S/C37H43ClN4OSSi/c1-27-16-15-23-32(38)33(27)40-26-31-34(28-17-9-6-10-18-28)41-36(44-5)42(35(31)39)24-25-43-45(37(2,3)4,29-19-11-7-12-20-29)30-21-13-8-14-22-30/h6-23,35,40H,24-26,39H2,1-5H3. The van der Waals surface area contributed by atoms with Crippen LogP contribution in [-0.4, -0.2) is 50.5 Å². The summed E-state index contributed by atoms with van der Waals surface area (Å²) in [6.07, 6.45) is 1.65. The maximum absolute atomic E-state index is 7.25. The number of amidine groups is 1. The molecule has 0 bridgehead atoms. The van der Waals surface area contributed by atoms with Gasteiger partial charge < -0.3 is 20.4 Å². The van der Waals surface area contributed by atoms with Crippen LogP contribution in [0.15, 0.2) is 120 Å². The Labute approximate surface area is 278 Å². The normalized spacial score (nSPS) is 15.7. The molecule has 0 saturated carbocycles. The van der Waals surface area contributed by atoms with E-state index in [2.05, 4.69) is 123 Å². The maximum atomic E-state index is 7.25. The van der Waals surface area contributed by atoms with Crippen molar-refractivity contribution in [3.05, 3.63) is 131 Å². The van der Waals surface area contributed by atoms with E-state index in [1.807, 2.05) is 30.3 Å². The van der Waals surface area contributed by atoms with Crippen LogP contribution in [0, 0.1) is 6.92 Å². The summed E-state index contributed by atoms with van der Waals surface area (Å²) in [5.74, 6) is 0. The summed E-state index contributed by atoms with van der Waals surface area (Å²) >= 11 is 8.21. The molecule has 0 radical (unpaired) electrons. The predicted octanol–water partition coefficient (Wildman–Crippen LogP) is 7.37. The van der Waals surface area contributed by atoms with Crippen LogP contribution in [0.3, 0.4) is 0 Å². The van der Waals surface area contributed by atoms with Crippen molar-refractivity contribution >= 4 is 58.6 Å². The van der Waals surface area contributed by atoms with E-state index >= 15 is 0 Å². The molecule has 4 aromatic carbocycles. The van der Waals surface area contributed by atoms with E-state index in [0.29, 0.717) is 24.7 Å². The second-order valence-corrected chi connectivity index (χ2v) is 17.8. The van der Waals surface area contributed by atoms with Crippen molar-refractivity contribution in [3.63, 3.8) is 0 Å². The molecule has 0 aromatic heterocycles. The van der Waals surface area contributed by atoms with Crippen LogP contribution in [0.5, 0.6) is 0 Å². The monoisotopic (exact) mass is 654 g/mol. The zero-order valence-corrected chi connectivity index (χ0v) is 29.3. The first-order valence-electron chi connectivity index (χ1n) is 15.3. The van der Waals surface area contributed by atoms with Gasteiger partial charge in [-0.3, -0.25) is 0 Å². The molecule has 1 unspecified atom stereocenters. The van der Waals surface area contributed by atoms with Crippen LogP contribution in [0.2, 0.25) is 10.1 Å². The van der Waals surface area contributed by atoms with Gasteiger partial charge in [-0.1, -0.05) is 147 Å². The Morgan fingerprint density at radius 3 is 2.00 bits per heavy atom. The van der Waals surface area contributed by atoms with E-state index in [-0.39, 0.29) is 5.04 Å². The lowest BCUT2D eigenvalue weighted by atomic mass is 10.0. The summed E-state index contributed by atoms with van der Waals surface area (Å²) in [6.45, 7) is 10.6. The minimum absolute atomic E-state index is 0.113. The van der Waals surface area contributed by atoms with E-state index < -0.39 is 14.5 Å². The molecule has 5 nitrogen and oxygen atoms in total. The number of nitrogens with zero attached hydrogens (tertiary/aromatic N) is 2. The van der Waals surface area contributed by atoms with Crippen molar-refractivity contribution in [1.29, 1.82) is 0 Å². The van der Waals surface area contributed by atoms with Crippen molar-refractivity contribution in [2.45, 2.75) is 38.9 Å². The average molecular weight is 655 g/mol. The quantitative estimate of drug-likeness (QED) is 0.175. The van der Waals surface area contributed by atoms with Gasteiger partial charge in [0.15, 0.2) is 5.17 Å². The minimum atomic E-state index is -2.70. The molecule has 1 heterocycles. The van der Waals surface area contributed by atoms with Gasteiger partial charge in [0.1, 0.15) is 6.17 Å². The molecular weight excluding hydrogens is 612 g/mol. The first-order chi connectivity index (χ1) is 21.7. The molecule has 1 aliphatic heterocycles. The molecule has 0 aliphatic carbocycles. The molecular formula is C37H43ClN4OSSi. The highest BCUT2D eigenvalue weighted by molar-refractivity contribution is 8.13. The summed E-state index contributed by atoms with van der Waals surface area (Å²) in [6, 6.07) is 37.7. The average Bonchev–Trinajstić information content (AvgIpc) is 3.04. The molecule has 8 heteroatoms. The number of thioether (sulfide) groups is 1. The third-order valence-electron chi connectivity index (χ3n) is 8.43. The molecule has 4 aromatic rings. The summed E-state index contributed by atoms with van der Waals surface area (Å²) in [4.78, 5) is 7.39. The number of nitrogens with one attached hydrogen (secondary N) is 1. The van der Waals surface area contributed by atoms with Gasteiger partial charge in [0.2, 0.25) is 0 Å². The molecule has 3 N–H and O–H groups in total. The van der Waals surface area contributed by atoms with E-state index in [0.717, 1.165) is 33.3 Å². The summed E-state index contributed by atoms with van der Waals surface area (Å²) < 4.78 is 7.25. The second kappa shape index (κ2) is 14.4. The topological polar surface area (TPSA) is 62.9 Å². The van der Waals surface area contributed by atoms with Crippen molar-refractivity contribution in [2.75, 3.05) is 31.3 Å². The highest BCUT2D eigenvalue weighted by Crippen LogP contribution is 2.37. The molecule has 0 amide bonds. The van der Waals surface area contributed by atoms with Gasteiger partial charge in [-0.2, -0.15) is 0 Å². The molecule has 45 heavy (non-hydrogen) atoms. The Morgan fingerprint density at radius 2 is 1.47 bits per heavy atom. The largest absolute Gasteiger partial charge is 0.406 e. The smallest absolute Gasteiger partial charge is 0.261 e. The van der Waals surface area contributed by atoms with Crippen molar-refractivity contribution in [2.24, 2.45) is 10.7 Å². The molecule has 1 atom stereocenters. The van der Waals surface area contributed by atoms with E-state index in [1.54, 1.807) is 11.8 Å². The summed E-state index contributed by atoms with van der Waals surface area (Å²) in [7, 11) is -2.70. The highest BCUT2D eigenvalue weighted by atomic mass is 35.5. The maximum Gasteiger partial charge on any atom is 0.261 e. The lowest BCUT2D eigenvalue weighted by molar-refractivity contribution is 0.238. The Balaban J connectivity index is 1.48. The van der Waals surface area contributed by atoms with Gasteiger partial charge in [-0.25, -0.2) is 4.99 Å². The minimum Gasteiger partial charge on any atom is -0.406 e. The predicted molar refractivity (Wildman–Crippen MR) is 197 cm³/mol. The van der Waals surface area contributed by atoms with E-state index in [9.17, 15) is 0 Å². The molecule has 0 saturated heterocycles. The van der Waals surface area contributed by atoms with Crippen molar-refractivity contribution in [3.8, 4) is 0 Å². The third kappa shape index (κ3) is 6.93. The zero-order valence-electron chi connectivity index (χ0n) is 26.8.